The molecule has 0 unspecified atom stereocenters. The summed E-state index contributed by atoms with van der Waals surface area (Å²) in [5.41, 5.74) is 2.33. The zero-order valence-electron chi connectivity index (χ0n) is 9.08. The number of methoxy groups -OCH3 is 1. The summed E-state index contributed by atoms with van der Waals surface area (Å²) >= 11 is 0. The van der Waals surface area contributed by atoms with Crippen molar-refractivity contribution in [3.05, 3.63) is 24.3 Å². The van der Waals surface area contributed by atoms with Crippen molar-refractivity contribution in [2.45, 2.75) is 0 Å². The molecule has 1 aromatic rings. The van der Waals surface area contributed by atoms with E-state index in [0.29, 0.717) is 0 Å². The number of ether oxygens (including phenoxy) is 1. The van der Waals surface area contributed by atoms with E-state index in [0.717, 1.165) is 18.8 Å². The molecule has 1 aromatic carbocycles. The molecule has 0 atom stereocenters. The van der Waals surface area contributed by atoms with E-state index in [1.807, 2.05) is 19.2 Å². The second-order valence-corrected chi connectivity index (χ2v) is 3.21. The molecule has 0 aliphatic heterocycles. The number of nitrogens with zero attached hydrogens (tertiary/aromatic N) is 1. The molecule has 0 aliphatic carbocycles. The molecule has 0 heterocycles. The van der Waals surface area contributed by atoms with Crippen molar-refractivity contribution in [2.24, 2.45) is 0 Å². The smallest absolute Gasteiger partial charge is 0.0637 e. The van der Waals surface area contributed by atoms with Crippen LogP contribution < -0.4 is 10.2 Å². The fraction of sp³-hybridized carbons (Fsp3) is 0.455. The van der Waals surface area contributed by atoms with E-state index < -0.39 is 0 Å². The third-order valence-corrected chi connectivity index (χ3v) is 2.21. The number of hydrogen-bond acceptors (Lipinski definition) is 3. The van der Waals surface area contributed by atoms with Gasteiger partial charge in [0, 0.05) is 39.1 Å². The van der Waals surface area contributed by atoms with Gasteiger partial charge in [0.25, 0.3) is 0 Å². The van der Waals surface area contributed by atoms with E-state index in [4.69, 9.17) is 4.74 Å². The number of benzene rings is 1. The van der Waals surface area contributed by atoms with Gasteiger partial charge < -0.3 is 15.0 Å². The lowest BCUT2D eigenvalue weighted by atomic mass is 10.2. The van der Waals surface area contributed by atoms with Gasteiger partial charge in [0.15, 0.2) is 0 Å². The standard InChI is InChI=1S/C11H18N2O/c1-12-10-5-4-6-11(9-10)13(2)7-8-14-3/h4-6,9,12H,7-8H2,1-3H3. The normalized spacial score (nSPS) is 9.93. The summed E-state index contributed by atoms with van der Waals surface area (Å²) in [5.74, 6) is 0. The van der Waals surface area contributed by atoms with E-state index in [-0.39, 0.29) is 0 Å². The maximum Gasteiger partial charge on any atom is 0.0637 e. The van der Waals surface area contributed by atoms with Gasteiger partial charge in [0.1, 0.15) is 0 Å². The molecular weight excluding hydrogens is 176 g/mol. The van der Waals surface area contributed by atoms with Gasteiger partial charge in [-0.25, -0.2) is 0 Å². The van der Waals surface area contributed by atoms with Crippen molar-refractivity contribution >= 4 is 11.4 Å². The largest absolute Gasteiger partial charge is 0.388 e. The summed E-state index contributed by atoms with van der Waals surface area (Å²) < 4.78 is 5.03. The highest BCUT2D eigenvalue weighted by Gasteiger charge is 2.00. The average molecular weight is 194 g/mol. The van der Waals surface area contributed by atoms with Crippen LogP contribution >= 0.6 is 0 Å². The zero-order valence-corrected chi connectivity index (χ0v) is 9.08. The molecule has 3 nitrogen and oxygen atoms in total. The topological polar surface area (TPSA) is 24.5 Å². The Morgan fingerprint density at radius 2 is 2.21 bits per heavy atom. The molecule has 0 radical (unpaired) electrons. The van der Waals surface area contributed by atoms with E-state index >= 15 is 0 Å². The van der Waals surface area contributed by atoms with Gasteiger partial charge in [-0.2, -0.15) is 0 Å². The SMILES string of the molecule is CNc1cccc(N(C)CCOC)c1. The molecule has 0 fully saturated rings. The Kier molecular flexibility index (Phi) is 4.26. The molecule has 0 spiro atoms. The highest BCUT2D eigenvalue weighted by Crippen LogP contribution is 2.17. The van der Waals surface area contributed by atoms with Crippen LogP contribution in [0, 0.1) is 0 Å². The lowest BCUT2D eigenvalue weighted by molar-refractivity contribution is 0.206. The van der Waals surface area contributed by atoms with Crippen molar-refractivity contribution in [1.82, 2.24) is 0 Å². The van der Waals surface area contributed by atoms with Crippen molar-refractivity contribution in [3.63, 3.8) is 0 Å². The first kappa shape index (κ1) is 10.9. The van der Waals surface area contributed by atoms with Gasteiger partial charge >= 0.3 is 0 Å². The van der Waals surface area contributed by atoms with E-state index in [1.54, 1.807) is 7.11 Å². The molecule has 0 amide bonds. The molecule has 1 rings (SSSR count). The van der Waals surface area contributed by atoms with Crippen LogP contribution in [0.25, 0.3) is 0 Å². The predicted molar refractivity (Wildman–Crippen MR) is 61.1 cm³/mol. The van der Waals surface area contributed by atoms with Crippen LogP contribution in [-0.2, 0) is 4.74 Å². The molecule has 0 bridgehead atoms. The van der Waals surface area contributed by atoms with Gasteiger partial charge in [-0.1, -0.05) is 6.07 Å². The fourth-order valence-electron chi connectivity index (χ4n) is 1.26. The van der Waals surface area contributed by atoms with E-state index in [9.17, 15) is 0 Å². The van der Waals surface area contributed by atoms with Crippen LogP contribution in [0.3, 0.4) is 0 Å². The monoisotopic (exact) mass is 194 g/mol. The number of rotatable bonds is 5. The Balaban J connectivity index is 2.64. The molecule has 3 heteroatoms. The Morgan fingerprint density at radius 3 is 2.86 bits per heavy atom. The molecule has 1 N–H and O–H groups in total. The lowest BCUT2D eigenvalue weighted by Crippen LogP contribution is -2.21. The minimum absolute atomic E-state index is 0.750. The van der Waals surface area contributed by atoms with Gasteiger partial charge in [-0.3, -0.25) is 0 Å². The molecule has 0 aliphatic rings. The summed E-state index contributed by atoms with van der Waals surface area (Å²) in [6.07, 6.45) is 0. The summed E-state index contributed by atoms with van der Waals surface area (Å²) in [7, 11) is 5.71. The lowest BCUT2D eigenvalue weighted by Gasteiger charge is -2.19. The number of nitrogens with one attached hydrogen (secondary N) is 1. The van der Waals surface area contributed by atoms with Crippen LogP contribution in [0.1, 0.15) is 0 Å². The van der Waals surface area contributed by atoms with Crippen LogP contribution in [0.2, 0.25) is 0 Å². The fourth-order valence-corrected chi connectivity index (χ4v) is 1.26. The molecule has 0 saturated carbocycles. The zero-order chi connectivity index (χ0) is 10.4. The minimum atomic E-state index is 0.750. The Bertz CT molecular complexity index is 276. The van der Waals surface area contributed by atoms with Gasteiger partial charge in [-0.15, -0.1) is 0 Å². The van der Waals surface area contributed by atoms with E-state index in [2.05, 4.69) is 29.4 Å². The third kappa shape index (κ3) is 2.92. The van der Waals surface area contributed by atoms with Crippen molar-refractivity contribution in [3.8, 4) is 0 Å². The van der Waals surface area contributed by atoms with E-state index in [1.165, 1.54) is 5.69 Å². The maximum absolute atomic E-state index is 5.03. The minimum Gasteiger partial charge on any atom is -0.388 e. The second kappa shape index (κ2) is 5.50. The number of likely N-dealkylation sites (N-methyl/N-ethyl adjacent to an activating group) is 1. The second-order valence-electron chi connectivity index (χ2n) is 3.21. The number of anilines is 2. The Labute approximate surface area is 85.7 Å². The molecule has 78 valence electrons. The molecule has 0 aromatic heterocycles. The van der Waals surface area contributed by atoms with Gasteiger partial charge in [0.05, 0.1) is 6.61 Å². The van der Waals surface area contributed by atoms with Crippen molar-refractivity contribution in [1.29, 1.82) is 0 Å². The quantitative estimate of drug-likeness (QED) is 0.773. The van der Waals surface area contributed by atoms with Crippen LogP contribution in [0.5, 0.6) is 0 Å². The average Bonchev–Trinajstić information content (AvgIpc) is 2.26. The third-order valence-electron chi connectivity index (χ3n) is 2.21. The van der Waals surface area contributed by atoms with Crippen LogP contribution in [0.4, 0.5) is 11.4 Å². The summed E-state index contributed by atoms with van der Waals surface area (Å²) in [6.45, 7) is 1.66. The molecular formula is C11H18N2O. The Hall–Kier alpha value is -1.22. The first-order chi connectivity index (χ1) is 6.77. The summed E-state index contributed by atoms with van der Waals surface area (Å²) in [4.78, 5) is 2.17. The first-order valence-corrected chi connectivity index (χ1v) is 4.76. The molecule has 14 heavy (non-hydrogen) atoms. The van der Waals surface area contributed by atoms with Crippen LogP contribution in [0.15, 0.2) is 24.3 Å². The van der Waals surface area contributed by atoms with Gasteiger partial charge in [0.2, 0.25) is 0 Å². The highest BCUT2D eigenvalue weighted by atomic mass is 16.5. The predicted octanol–water partition coefficient (Wildman–Crippen LogP) is 1.81. The first-order valence-electron chi connectivity index (χ1n) is 4.76. The summed E-state index contributed by atoms with van der Waals surface area (Å²) in [5, 5.41) is 3.12. The highest BCUT2D eigenvalue weighted by molar-refractivity contribution is 5.57. The van der Waals surface area contributed by atoms with Crippen LogP contribution in [-0.4, -0.2) is 34.4 Å². The van der Waals surface area contributed by atoms with Crippen molar-refractivity contribution in [2.75, 3.05) is 44.6 Å². The van der Waals surface area contributed by atoms with Gasteiger partial charge in [-0.05, 0) is 18.2 Å². The maximum atomic E-state index is 5.03. The van der Waals surface area contributed by atoms with Crippen molar-refractivity contribution < 1.29 is 4.74 Å². The Morgan fingerprint density at radius 1 is 1.43 bits per heavy atom. The number of hydrogen-bond donors (Lipinski definition) is 1. The molecule has 0 saturated heterocycles. The summed E-state index contributed by atoms with van der Waals surface area (Å²) in [6, 6.07) is 8.31.